The van der Waals surface area contributed by atoms with Gasteiger partial charge in [-0.3, -0.25) is 9.59 Å². The van der Waals surface area contributed by atoms with Crippen molar-refractivity contribution in [1.29, 1.82) is 0 Å². The highest BCUT2D eigenvalue weighted by atomic mass is 35.5. The van der Waals surface area contributed by atoms with Gasteiger partial charge in [-0.15, -0.1) is 0 Å². The highest BCUT2D eigenvalue weighted by Crippen LogP contribution is 2.18. The molecule has 1 saturated carbocycles. The van der Waals surface area contributed by atoms with Gasteiger partial charge in [-0.2, -0.15) is 0 Å². The number of halogens is 1. The standard InChI is InChI=1S/C10H12ClN3O2/c11-6-3-8(12-4-6)10(16)13-5-9(15)14-7-1-2-7/h3-4,7,12H,1-2,5H2,(H,13,16)(H,14,15). The summed E-state index contributed by atoms with van der Waals surface area (Å²) in [6.45, 7) is -0.00796. The van der Waals surface area contributed by atoms with E-state index in [-0.39, 0.29) is 18.4 Å². The monoisotopic (exact) mass is 241 g/mol. The minimum Gasteiger partial charge on any atom is -0.356 e. The number of hydrogen-bond acceptors (Lipinski definition) is 2. The lowest BCUT2D eigenvalue weighted by Crippen LogP contribution is -2.37. The highest BCUT2D eigenvalue weighted by Gasteiger charge is 2.23. The Hall–Kier alpha value is -1.49. The van der Waals surface area contributed by atoms with Crippen molar-refractivity contribution < 1.29 is 9.59 Å². The van der Waals surface area contributed by atoms with E-state index in [4.69, 9.17) is 11.6 Å². The normalized spacial score (nSPS) is 14.6. The molecule has 2 amide bonds. The number of rotatable bonds is 4. The Morgan fingerprint density at radius 1 is 1.50 bits per heavy atom. The van der Waals surface area contributed by atoms with Gasteiger partial charge in [0.25, 0.3) is 5.91 Å². The minimum atomic E-state index is -0.335. The van der Waals surface area contributed by atoms with Gasteiger partial charge < -0.3 is 15.6 Å². The van der Waals surface area contributed by atoms with Gasteiger partial charge in [0.05, 0.1) is 11.6 Å². The average molecular weight is 242 g/mol. The van der Waals surface area contributed by atoms with Crippen molar-refractivity contribution in [3.63, 3.8) is 0 Å². The third-order valence-electron chi connectivity index (χ3n) is 2.24. The SMILES string of the molecule is O=C(CNC(=O)c1cc(Cl)c[nH]1)NC1CC1. The van der Waals surface area contributed by atoms with Crippen LogP contribution in [0.1, 0.15) is 23.3 Å². The molecule has 1 heterocycles. The molecule has 1 fully saturated rings. The number of aromatic nitrogens is 1. The number of carbonyl (C=O) groups is 2. The predicted octanol–water partition coefficient (Wildman–Crippen LogP) is 0.676. The van der Waals surface area contributed by atoms with Crippen molar-refractivity contribution >= 4 is 23.4 Å². The summed E-state index contributed by atoms with van der Waals surface area (Å²) in [6.07, 6.45) is 3.58. The van der Waals surface area contributed by atoms with Crippen LogP contribution < -0.4 is 10.6 Å². The number of nitrogens with one attached hydrogen (secondary N) is 3. The lowest BCUT2D eigenvalue weighted by Gasteiger charge is -2.04. The fourth-order valence-corrected chi connectivity index (χ4v) is 1.42. The molecule has 16 heavy (non-hydrogen) atoms. The predicted molar refractivity (Wildman–Crippen MR) is 59.3 cm³/mol. The summed E-state index contributed by atoms with van der Waals surface area (Å²) in [5, 5.41) is 5.75. The summed E-state index contributed by atoms with van der Waals surface area (Å²) in [4.78, 5) is 25.5. The van der Waals surface area contributed by atoms with E-state index in [2.05, 4.69) is 15.6 Å². The summed E-state index contributed by atoms with van der Waals surface area (Å²) < 4.78 is 0. The van der Waals surface area contributed by atoms with Gasteiger partial charge in [-0.25, -0.2) is 0 Å². The highest BCUT2D eigenvalue weighted by molar-refractivity contribution is 6.30. The first kappa shape index (κ1) is 11.0. The molecule has 3 N–H and O–H groups in total. The van der Waals surface area contributed by atoms with Crippen LogP contribution in [0.2, 0.25) is 5.02 Å². The van der Waals surface area contributed by atoms with Crippen LogP contribution in [0.15, 0.2) is 12.3 Å². The van der Waals surface area contributed by atoms with Gasteiger partial charge in [0, 0.05) is 12.2 Å². The smallest absolute Gasteiger partial charge is 0.268 e. The molecule has 0 aromatic carbocycles. The van der Waals surface area contributed by atoms with Crippen LogP contribution in [-0.4, -0.2) is 29.4 Å². The lowest BCUT2D eigenvalue weighted by molar-refractivity contribution is -0.120. The van der Waals surface area contributed by atoms with Crippen LogP contribution in [0, 0.1) is 0 Å². The Morgan fingerprint density at radius 2 is 2.25 bits per heavy atom. The number of carbonyl (C=O) groups excluding carboxylic acids is 2. The minimum absolute atomic E-state index is 0.00796. The second kappa shape index (κ2) is 4.57. The molecule has 0 saturated heterocycles. The zero-order chi connectivity index (χ0) is 11.5. The van der Waals surface area contributed by atoms with Crippen molar-refractivity contribution in [3.8, 4) is 0 Å². The Morgan fingerprint density at radius 3 is 2.81 bits per heavy atom. The second-order valence-corrected chi connectivity index (χ2v) is 4.19. The van der Waals surface area contributed by atoms with Crippen LogP contribution in [0.4, 0.5) is 0 Å². The van der Waals surface area contributed by atoms with E-state index in [0.717, 1.165) is 12.8 Å². The molecule has 0 spiro atoms. The first-order valence-corrected chi connectivity index (χ1v) is 5.44. The number of aromatic amines is 1. The van der Waals surface area contributed by atoms with Gasteiger partial charge in [-0.05, 0) is 18.9 Å². The summed E-state index contributed by atoms with van der Waals surface area (Å²) in [5.41, 5.74) is 0.351. The molecular weight excluding hydrogens is 230 g/mol. The summed E-state index contributed by atoms with van der Waals surface area (Å²) in [5.74, 6) is -0.494. The molecule has 1 aromatic heterocycles. The Bertz CT molecular complexity index is 412. The van der Waals surface area contributed by atoms with E-state index < -0.39 is 0 Å². The van der Waals surface area contributed by atoms with E-state index in [1.54, 1.807) is 0 Å². The van der Waals surface area contributed by atoms with Gasteiger partial charge >= 0.3 is 0 Å². The maximum absolute atomic E-state index is 11.5. The Labute approximate surface area is 97.6 Å². The van der Waals surface area contributed by atoms with E-state index in [9.17, 15) is 9.59 Å². The molecule has 1 aliphatic carbocycles. The Balaban J connectivity index is 1.76. The molecule has 0 aliphatic heterocycles. The van der Waals surface area contributed by atoms with Crippen molar-refractivity contribution in [2.45, 2.75) is 18.9 Å². The van der Waals surface area contributed by atoms with Crippen LogP contribution in [-0.2, 0) is 4.79 Å². The number of H-pyrrole nitrogens is 1. The molecule has 5 nitrogen and oxygen atoms in total. The maximum Gasteiger partial charge on any atom is 0.268 e. The third-order valence-corrected chi connectivity index (χ3v) is 2.46. The van der Waals surface area contributed by atoms with Crippen LogP contribution >= 0.6 is 11.6 Å². The zero-order valence-corrected chi connectivity index (χ0v) is 9.30. The van der Waals surface area contributed by atoms with Gasteiger partial charge in [-0.1, -0.05) is 11.6 Å². The molecule has 1 aliphatic rings. The van der Waals surface area contributed by atoms with Crippen LogP contribution in [0.25, 0.3) is 0 Å². The molecule has 0 bridgehead atoms. The molecule has 2 rings (SSSR count). The van der Waals surface area contributed by atoms with Gasteiger partial charge in [0.15, 0.2) is 0 Å². The molecule has 0 atom stereocenters. The topological polar surface area (TPSA) is 74.0 Å². The van der Waals surface area contributed by atoms with E-state index in [1.807, 2.05) is 0 Å². The Kier molecular flexibility index (Phi) is 3.14. The van der Waals surface area contributed by atoms with Gasteiger partial charge in [0.1, 0.15) is 5.69 Å². The molecule has 6 heteroatoms. The van der Waals surface area contributed by atoms with Crippen LogP contribution in [0.5, 0.6) is 0 Å². The van der Waals surface area contributed by atoms with Crippen LogP contribution in [0.3, 0.4) is 0 Å². The van der Waals surface area contributed by atoms with Crippen molar-refractivity contribution in [3.05, 3.63) is 23.0 Å². The fourth-order valence-electron chi connectivity index (χ4n) is 1.26. The van der Waals surface area contributed by atoms with Gasteiger partial charge in [0.2, 0.25) is 5.91 Å². The average Bonchev–Trinajstić information content (AvgIpc) is 2.95. The van der Waals surface area contributed by atoms with Crippen molar-refractivity contribution in [2.24, 2.45) is 0 Å². The largest absolute Gasteiger partial charge is 0.356 e. The zero-order valence-electron chi connectivity index (χ0n) is 8.55. The number of hydrogen-bond donors (Lipinski definition) is 3. The van der Waals surface area contributed by atoms with E-state index >= 15 is 0 Å². The fraction of sp³-hybridized carbons (Fsp3) is 0.400. The summed E-state index contributed by atoms with van der Waals surface area (Å²) in [7, 11) is 0. The third kappa shape index (κ3) is 3.00. The lowest BCUT2D eigenvalue weighted by atomic mass is 10.4. The first-order valence-electron chi connectivity index (χ1n) is 5.06. The van der Waals surface area contributed by atoms with Crippen molar-refractivity contribution in [2.75, 3.05) is 6.54 Å². The summed E-state index contributed by atoms with van der Waals surface area (Å²) in [6, 6.07) is 1.82. The second-order valence-electron chi connectivity index (χ2n) is 3.76. The van der Waals surface area contributed by atoms with E-state index in [0.29, 0.717) is 16.8 Å². The molecule has 0 unspecified atom stereocenters. The maximum atomic E-state index is 11.5. The molecule has 1 aromatic rings. The van der Waals surface area contributed by atoms with Crippen molar-refractivity contribution in [1.82, 2.24) is 15.6 Å². The molecule has 0 radical (unpaired) electrons. The summed E-state index contributed by atoms with van der Waals surface area (Å²) >= 11 is 5.65. The first-order chi connectivity index (χ1) is 7.65. The van der Waals surface area contributed by atoms with E-state index in [1.165, 1.54) is 12.3 Å². The quantitative estimate of drug-likeness (QED) is 0.725. The number of amides is 2. The molecular formula is C10H12ClN3O2. The molecule has 86 valence electrons.